The van der Waals surface area contributed by atoms with Crippen LogP contribution in [-0.4, -0.2) is 119 Å². The number of carbonyl (C=O) groups is 2. The molecule has 4 atom stereocenters. The summed E-state index contributed by atoms with van der Waals surface area (Å²) in [5.41, 5.74) is 1.92. The molecule has 10 nitrogen and oxygen atoms in total. The molecule has 4 aliphatic heterocycles. The molecular weight excluding hydrogens is 706 g/mol. The molecule has 5 fully saturated rings. The molecule has 2 aromatic carbocycles. The summed E-state index contributed by atoms with van der Waals surface area (Å²) in [4.78, 5) is 34.0. The fraction of sp³-hybridized carbons (Fsp3) is 0.619. The number of nitrogens with zero attached hydrogens (tertiary/aromatic N) is 4. The van der Waals surface area contributed by atoms with Gasteiger partial charge in [0.1, 0.15) is 5.82 Å². The topological polar surface area (TPSA) is 103 Å². The molecule has 1 N–H and O–H groups in total. The zero-order valence-electron chi connectivity index (χ0n) is 32.1. The number of likely N-dealkylation sites (tertiary alicyclic amines) is 3. The van der Waals surface area contributed by atoms with Gasteiger partial charge in [-0.15, -0.1) is 0 Å². The Kier molecular flexibility index (Phi) is 11.4. The van der Waals surface area contributed by atoms with E-state index in [1.54, 1.807) is 23.1 Å². The number of anilines is 1. The van der Waals surface area contributed by atoms with Crippen molar-refractivity contribution in [1.82, 2.24) is 20.0 Å². The van der Waals surface area contributed by atoms with Crippen LogP contribution in [0.1, 0.15) is 63.9 Å². The smallest absolute Gasteiger partial charge is 0.407 e. The van der Waals surface area contributed by atoms with Gasteiger partial charge in [-0.05, 0) is 131 Å². The number of carbonyl (C=O) groups excluding carboxylic acids is 2. The minimum atomic E-state index is -3.56. The van der Waals surface area contributed by atoms with Gasteiger partial charge in [0.2, 0.25) is 5.91 Å². The molecule has 1 aliphatic carbocycles. The van der Waals surface area contributed by atoms with Gasteiger partial charge in [-0.3, -0.25) is 4.79 Å². The van der Waals surface area contributed by atoms with Crippen molar-refractivity contribution in [2.75, 3.05) is 77.5 Å². The van der Waals surface area contributed by atoms with Gasteiger partial charge in [-0.25, -0.2) is 17.6 Å². The molecular formula is C42H58FN5O5S. The largest absolute Gasteiger partial charge is 0.453 e. The summed E-state index contributed by atoms with van der Waals surface area (Å²) in [6.07, 6.45) is 8.21. The summed E-state index contributed by atoms with van der Waals surface area (Å²) < 4.78 is 47.1. The lowest BCUT2D eigenvalue weighted by Crippen LogP contribution is -2.62. The average Bonchev–Trinajstić information content (AvgIpc) is 3.62. The third-order valence-corrected chi connectivity index (χ3v) is 15.6. The molecule has 4 saturated heterocycles. The Morgan fingerprint density at radius 2 is 1.70 bits per heavy atom. The maximum absolute atomic E-state index is 15.0. The summed E-state index contributed by atoms with van der Waals surface area (Å²) in [5, 5.41) is 2.58. The Bertz CT molecular complexity index is 1770. The van der Waals surface area contributed by atoms with E-state index >= 15 is 4.39 Å². The lowest BCUT2D eigenvalue weighted by atomic mass is 9.57. The number of halogens is 1. The molecule has 4 heterocycles. The van der Waals surface area contributed by atoms with Gasteiger partial charge in [-0.2, -0.15) is 0 Å². The first-order valence-electron chi connectivity index (χ1n) is 20.0. The van der Waals surface area contributed by atoms with Crippen LogP contribution in [0.3, 0.4) is 0 Å². The van der Waals surface area contributed by atoms with Crippen molar-refractivity contribution in [3.63, 3.8) is 0 Å². The van der Waals surface area contributed by atoms with E-state index < -0.39 is 21.2 Å². The highest BCUT2D eigenvalue weighted by Crippen LogP contribution is 2.52. The third kappa shape index (κ3) is 7.80. The second kappa shape index (κ2) is 15.9. The monoisotopic (exact) mass is 763 g/mol. The number of hydrogen-bond donors (Lipinski definition) is 1. The predicted octanol–water partition coefficient (Wildman–Crippen LogP) is 5.48. The fourth-order valence-electron chi connectivity index (χ4n) is 10.6. The third-order valence-electron chi connectivity index (χ3n) is 13.4. The molecule has 12 heteroatoms. The summed E-state index contributed by atoms with van der Waals surface area (Å²) in [5.74, 6) is 0.112. The van der Waals surface area contributed by atoms with E-state index in [2.05, 4.69) is 39.6 Å². The van der Waals surface area contributed by atoms with Crippen LogP contribution >= 0.6 is 0 Å². The maximum Gasteiger partial charge on any atom is 0.407 e. The lowest BCUT2D eigenvalue weighted by molar-refractivity contribution is -0.126. The second-order valence-electron chi connectivity index (χ2n) is 17.0. The summed E-state index contributed by atoms with van der Waals surface area (Å²) in [6, 6.07) is 14.6. The molecule has 0 bridgehead atoms. The first-order chi connectivity index (χ1) is 25.9. The molecule has 5 aliphatic rings. The van der Waals surface area contributed by atoms with E-state index in [0.717, 1.165) is 95.7 Å². The predicted molar refractivity (Wildman–Crippen MR) is 209 cm³/mol. The standard InChI is InChI=1S/C42H58FN5O5S/c1-4-39(49)47-22-7-11-36(26-47)54(51,52)35-16-14-34(15-17-35)48-28-41(2,29-48)27-46-23-18-31(19-24-46)42(30-45-20-8-21-45,32-9-5-10-33(43)25-32)37-12-6-13-38(37)44-40(50)53-3/h4-5,9-10,14-17,25,31,36-38H,1,6-8,11-13,18-24,26-30H2,2-3H3,(H,44,50)/t36-,37+,38+,42+/m1/s1. The van der Waals surface area contributed by atoms with Gasteiger partial charge in [0.15, 0.2) is 9.84 Å². The molecule has 2 aromatic rings. The van der Waals surface area contributed by atoms with Gasteiger partial charge in [0.05, 0.1) is 17.3 Å². The molecule has 0 spiro atoms. The van der Waals surface area contributed by atoms with E-state index in [1.165, 1.54) is 25.7 Å². The van der Waals surface area contributed by atoms with Gasteiger partial charge in [0, 0.05) is 61.8 Å². The zero-order valence-corrected chi connectivity index (χ0v) is 32.9. The minimum Gasteiger partial charge on any atom is -0.453 e. The molecule has 2 amide bonds. The number of rotatable bonds is 12. The second-order valence-corrected chi connectivity index (χ2v) is 19.2. The van der Waals surface area contributed by atoms with Crippen molar-refractivity contribution in [3.8, 4) is 0 Å². The summed E-state index contributed by atoms with van der Waals surface area (Å²) >= 11 is 0. The van der Waals surface area contributed by atoms with Crippen LogP contribution in [0.2, 0.25) is 0 Å². The SMILES string of the molecule is C=CC(=O)N1CCC[C@@H](S(=O)(=O)c2ccc(N3CC(C)(CN4CCC([C@@](CN5CCC5)(c5cccc(F)c5)[C@H]5CCC[C@@H]5NC(=O)OC)CC4)C3)cc2)C1. The number of sulfone groups is 1. The van der Waals surface area contributed by atoms with Crippen LogP contribution in [0.5, 0.6) is 0 Å². The van der Waals surface area contributed by atoms with Crippen LogP contribution < -0.4 is 10.2 Å². The minimum absolute atomic E-state index is 0.0142. The molecule has 54 heavy (non-hydrogen) atoms. The number of ether oxygens (including phenoxy) is 1. The Labute approximate surface area is 321 Å². The number of methoxy groups -OCH3 is 1. The van der Waals surface area contributed by atoms with E-state index in [0.29, 0.717) is 30.2 Å². The Balaban J connectivity index is 1.00. The van der Waals surface area contributed by atoms with Crippen molar-refractivity contribution in [3.05, 3.63) is 72.6 Å². The first kappa shape index (κ1) is 38.8. The van der Waals surface area contributed by atoms with Gasteiger partial charge >= 0.3 is 6.09 Å². The van der Waals surface area contributed by atoms with Crippen LogP contribution in [0.15, 0.2) is 66.1 Å². The molecule has 294 valence electrons. The zero-order chi connectivity index (χ0) is 38.1. The van der Waals surface area contributed by atoms with Gasteiger partial charge in [-0.1, -0.05) is 32.1 Å². The van der Waals surface area contributed by atoms with E-state index in [-0.39, 0.29) is 41.1 Å². The van der Waals surface area contributed by atoms with Crippen LogP contribution in [0.4, 0.5) is 14.9 Å². The normalized spacial score (nSPS) is 26.3. The van der Waals surface area contributed by atoms with Crippen LogP contribution in [0.25, 0.3) is 0 Å². The number of piperidine rings is 2. The van der Waals surface area contributed by atoms with Crippen molar-refractivity contribution in [2.24, 2.45) is 17.3 Å². The maximum atomic E-state index is 15.0. The average molecular weight is 764 g/mol. The molecule has 0 aromatic heterocycles. The van der Waals surface area contributed by atoms with E-state index in [4.69, 9.17) is 4.74 Å². The summed E-state index contributed by atoms with van der Waals surface area (Å²) in [7, 11) is -2.15. The number of nitrogens with one attached hydrogen (secondary N) is 1. The molecule has 0 radical (unpaired) electrons. The highest BCUT2D eigenvalue weighted by molar-refractivity contribution is 7.92. The molecule has 7 rings (SSSR count). The Hall–Kier alpha value is -3.48. The number of alkyl carbamates (subject to hydrolysis) is 1. The van der Waals surface area contributed by atoms with E-state index in [1.807, 2.05) is 18.2 Å². The van der Waals surface area contributed by atoms with E-state index in [9.17, 15) is 18.0 Å². The number of benzene rings is 2. The molecule has 0 unspecified atom stereocenters. The lowest BCUT2D eigenvalue weighted by Gasteiger charge is -2.55. The van der Waals surface area contributed by atoms with Crippen LogP contribution in [-0.2, 0) is 24.8 Å². The van der Waals surface area contributed by atoms with Gasteiger partial charge in [0.25, 0.3) is 0 Å². The number of hydrogen-bond acceptors (Lipinski definition) is 8. The molecule has 1 saturated carbocycles. The van der Waals surface area contributed by atoms with Crippen molar-refractivity contribution < 1.29 is 27.1 Å². The first-order valence-corrected chi connectivity index (χ1v) is 21.5. The Morgan fingerprint density at radius 1 is 0.963 bits per heavy atom. The van der Waals surface area contributed by atoms with Crippen LogP contribution in [0, 0.1) is 23.1 Å². The van der Waals surface area contributed by atoms with Gasteiger partial charge < -0.3 is 29.7 Å². The van der Waals surface area contributed by atoms with Crippen molar-refractivity contribution >= 4 is 27.5 Å². The van der Waals surface area contributed by atoms with Crippen molar-refractivity contribution in [2.45, 2.75) is 79.9 Å². The Morgan fingerprint density at radius 3 is 2.35 bits per heavy atom. The highest BCUT2D eigenvalue weighted by atomic mass is 32.2. The highest BCUT2D eigenvalue weighted by Gasteiger charge is 2.53. The van der Waals surface area contributed by atoms with Crippen molar-refractivity contribution in [1.29, 1.82) is 0 Å². The summed E-state index contributed by atoms with van der Waals surface area (Å²) in [6.45, 7) is 14.4. The number of amides is 2. The quantitative estimate of drug-likeness (QED) is 0.284. The fourth-order valence-corrected chi connectivity index (χ4v) is 12.4.